The molecule has 0 aliphatic heterocycles. The van der Waals surface area contributed by atoms with Crippen molar-refractivity contribution < 1.29 is 4.79 Å². The van der Waals surface area contributed by atoms with Crippen molar-refractivity contribution in [1.29, 1.82) is 0 Å². The van der Waals surface area contributed by atoms with Crippen LogP contribution in [0.25, 0.3) is 5.00 Å². The molecule has 4 nitrogen and oxygen atoms in total. The number of hydrogen-bond donors (Lipinski definition) is 0. The van der Waals surface area contributed by atoms with Crippen LogP contribution in [-0.4, -0.2) is 21.3 Å². The molecule has 0 N–H and O–H groups in total. The van der Waals surface area contributed by atoms with Gasteiger partial charge in [-0.15, -0.1) is 16.4 Å². The maximum atomic E-state index is 10.3. The fraction of sp³-hybridized carbons (Fsp3) is 0. The van der Waals surface area contributed by atoms with Crippen LogP contribution in [0.2, 0.25) is 0 Å². The smallest absolute Gasteiger partial charge is 0.171 e. The highest BCUT2D eigenvalue weighted by molar-refractivity contribution is 7.12. The first-order valence-electron chi connectivity index (χ1n) is 3.31. The monoisotopic (exact) mass is 179 g/mol. The summed E-state index contributed by atoms with van der Waals surface area (Å²) in [6, 6.07) is 3.83. The number of nitrogens with zero attached hydrogens (tertiary/aromatic N) is 3. The van der Waals surface area contributed by atoms with E-state index in [1.54, 1.807) is 22.2 Å². The number of carbonyl (C=O) groups excluding carboxylic acids is 1. The van der Waals surface area contributed by atoms with Gasteiger partial charge in [0.1, 0.15) is 10.7 Å². The fourth-order valence-corrected chi connectivity index (χ4v) is 1.49. The van der Waals surface area contributed by atoms with Crippen LogP contribution in [-0.2, 0) is 0 Å². The van der Waals surface area contributed by atoms with E-state index >= 15 is 0 Å². The highest BCUT2D eigenvalue weighted by Crippen LogP contribution is 2.12. The minimum absolute atomic E-state index is 0.350. The third-order valence-corrected chi connectivity index (χ3v) is 2.22. The minimum atomic E-state index is 0.350. The predicted molar refractivity (Wildman–Crippen MR) is 44.6 cm³/mol. The normalized spacial score (nSPS) is 10.0. The Morgan fingerprint density at radius 1 is 1.58 bits per heavy atom. The molecule has 2 heterocycles. The zero-order valence-electron chi connectivity index (χ0n) is 6.04. The molecule has 0 amide bonds. The van der Waals surface area contributed by atoms with Crippen LogP contribution >= 0.6 is 11.3 Å². The van der Waals surface area contributed by atoms with Crippen molar-refractivity contribution in [1.82, 2.24) is 15.0 Å². The molecule has 60 valence electrons. The van der Waals surface area contributed by atoms with Gasteiger partial charge < -0.3 is 0 Å². The summed E-state index contributed by atoms with van der Waals surface area (Å²) in [7, 11) is 0. The number of rotatable bonds is 2. The average Bonchev–Trinajstić information content (AvgIpc) is 2.75. The lowest BCUT2D eigenvalue weighted by molar-refractivity contribution is 0.111. The van der Waals surface area contributed by atoms with Gasteiger partial charge in [-0.05, 0) is 17.5 Å². The topological polar surface area (TPSA) is 47.8 Å². The van der Waals surface area contributed by atoms with Gasteiger partial charge >= 0.3 is 0 Å². The van der Waals surface area contributed by atoms with Crippen molar-refractivity contribution >= 4 is 17.6 Å². The lowest BCUT2D eigenvalue weighted by Gasteiger charge is -1.89. The van der Waals surface area contributed by atoms with Gasteiger partial charge in [-0.2, -0.15) is 0 Å². The molecule has 0 aromatic carbocycles. The van der Waals surface area contributed by atoms with Crippen LogP contribution in [0.5, 0.6) is 0 Å². The Morgan fingerprint density at radius 3 is 3.08 bits per heavy atom. The molecule has 2 rings (SSSR count). The van der Waals surface area contributed by atoms with E-state index < -0.39 is 0 Å². The second-order valence-electron chi connectivity index (χ2n) is 2.16. The van der Waals surface area contributed by atoms with Gasteiger partial charge in [0.2, 0.25) is 0 Å². The predicted octanol–water partition coefficient (Wildman–Crippen LogP) is 1.14. The maximum absolute atomic E-state index is 10.3. The van der Waals surface area contributed by atoms with E-state index in [1.807, 2.05) is 17.5 Å². The van der Waals surface area contributed by atoms with E-state index in [-0.39, 0.29) is 0 Å². The Hall–Kier alpha value is -1.49. The average molecular weight is 179 g/mol. The number of aldehydes is 1. The van der Waals surface area contributed by atoms with Crippen molar-refractivity contribution in [3.63, 3.8) is 0 Å². The molecule has 0 unspecified atom stereocenters. The Bertz CT molecular complexity index is 379. The standard InChI is InChI=1S/C7H5N3OS/c11-5-6-4-10(9-8-6)7-2-1-3-12-7/h1-5H. The number of carbonyl (C=O) groups is 1. The van der Waals surface area contributed by atoms with Gasteiger partial charge in [0.05, 0.1) is 6.20 Å². The Balaban J connectivity index is 2.41. The van der Waals surface area contributed by atoms with Crippen molar-refractivity contribution in [2.75, 3.05) is 0 Å². The first-order chi connectivity index (χ1) is 5.90. The van der Waals surface area contributed by atoms with E-state index in [0.717, 1.165) is 5.00 Å². The van der Waals surface area contributed by atoms with Crippen molar-refractivity contribution in [2.24, 2.45) is 0 Å². The summed E-state index contributed by atoms with van der Waals surface area (Å²) in [5.41, 5.74) is 0.350. The zero-order valence-corrected chi connectivity index (χ0v) is 6.86. The maximum Gasteiger partial charge on any atom is 0.171 e. The molecule has 0 saturated carbocycles. The summed E-state index contributed by atoms with van der Waals surface area (Å²) in [5, 5.41) is 10.3. The highest BCUT2D eigenvalue weighted by Gasteiger charge is 2.00. The van der Waals surface area contributed by atoms with Crippen molar-refractivity contribution in [3.8, 4) is 5.00 Å². The van der Waals surface area contributed by atoms with Crippen molar-refractivity contribution in [3.05, 3.63) is 29.4 Å². The first-order valence-corrected chi connectivity index (χ1v) is 4.19. The molecule has 2 aromatic heterocycles. The van der Waals surface area contributed by atoms with Gasteiger partial charge in [-0.25, -0.2) is 4.68 Å². The summed E-state index contributed by atoms with van der Waals surface area (Å²) >= 11 is 1.54. The van der Waals surface area contributed by atoms with E-state index in [0.29, 0.717) is 12.0 Å². The molecular formula is C7H5N3OS. The van der Waals surface area contributed by atoms with Gasteiger partial charge in [0, 0.05) is 0 Å². The molecule has 12 heavy (non-hydrogen) atoms. The summed E-state index contributed by atoms with van der Waals surface area (Å²) in [6.45, 7) is 0. The van der Waals surface area contributed by atoms with Gasteiger partial charge in [-0.3, -0.25) is 4.79 Å². The second-order valence-corrected chi connectivity index (χ2v) is 3.08. The molecule has 5 heteroatoms. The Morgan fingerprint density at radius 2 is 2.50 bits per heavy atom. The summed E-state index contributed by atoms with van der Waals surface area (Å²) < 4.78 is 1.58. The second kappa shape index (κ2) is 2.86. The van der Waals surface area contributed by atoms with Crippen LogP contribution in [0.3, 0.4) is 0 Å². The molecule has 0 fully saturated rings. The molecule has 2 aromatic rings. The van der Waals surface area contributed by atoms with Gasteiger partial charge in [0.15, 0.2) is 6.29 Å². The molecule has 0 atom stereocenters. The first kappa shape index (κ1) is 7.17. The van der Waals surface area contributed by atoms with E-state index in [9.17, 15) is 4.79 Å². The largest absolute Gasteiger partial charge is 0.296 e. The van der Waals surface area contributed by atoms with E-state index in [1.165, 1.54) is 0 Å². The third kappa shape index (κ3) is 1.14. The summed E-state index contributed by atoms with van der Waals surface area (Å²) in [6.07, 6.45) is 2.27. The molecule has 0 radical (unpaired) electrons. The van der Waals surface area contributed by atoms with Crippen LogP contribution < -0.4 is 0 Å². The minimum Gasteiger partial charge on any atom is -0.296 e. The lowest BCUT2D eigenvalue weighted by Crippen LogP contribution is -1.89. The van der Waals surface area contributed by atoms with Crippen molar-refractivity contribution in [2.45, 2.75) is 0 Å². The van der Waals surface area contributed by atoms with Gasteiger partial charge in [0.25, 0.3) is 0 Å². The molecule has 0 aliphatic carbocycles. The Kier molecular flexibility index (Phi) is 1.71. The summed E-state index contributed by atoms with van der Waals surface area (Å²) in [5.74, 6) is 0. The lowest BCUT2D eigenvalue weighted by atomic mass is 10.5. The van der Waals surface area contributed by atoms with Gasteiger partial charge in [-0.1, -0.05) is 5.21 Å². The fourth-order valence-electron chi connectivity index (χ4n) is 0.839. The number of aromatic nitrogens is 3. The van der Waals surface area contributed by atoms with E-state index in [4.69, 9.17) is 0 Å². The highest BCUT2D eigenvalue weighted by atomic mass is 32.1. The molecule has 0 aliphatic rings. The zero-order chi connectivity index (χ0) is 8.39. The van der Waals surface area contributed by atoms with Crippen LogP contribution in [0, 0.1) is 0 Å². The molecule has 0 bridgehead atoms. The van der Waals surface area contributed by atoms with Crippen LogP contribution in [0.4, 0.5) is 0 Å². The number of hydrogen-bond acceptors (Lipinski definition) is 4. The Labute approximate surface area is 72.5 Å². The van der Waals surface area contributed by atoms with Crippen LogP contribution in [0.15, 0.2) is 23.7 Å². The molecule has 0 saturated heterocycles. The number of thiophene rings is 1. The van der Waals surface area contributed by atoms with E-state index in [2.05, 4.69) is 10.3 Å². The quantitative estimate of drug-likeness (QED) is 0.649. The van der Waals surface area contributed by atoms with Crippen LogP contribution in [0.1, 0.15) is 10.5 Å². The SMILES string of the molecule is O=Cc1cn(-c2cccs2)nn1. The third-order valence-electron chi connectivity index (χ3n) is 1.36. The molecule has 0 spiro atoms. The summed E-state index contributed by atoms with van der Waals surface area (Å²) in [4.78, 5) is 10.3. The molecular weight excluding hydrogens is 174 g/mol.